The van der Waals surface area contributed by atoms with Gasteiger partial charge in [-0.3, -0.25) is 14.5 Å². The molecular weight excluding hydrogens is 476 g/mol. The zero-order chi connectivity index (χ0) is 24.7. The van der Waals surface area contributed by atoms with Crippen LogP contribution in [-0.2, 0) is 20.8 Å². The number of nitrogens with one attached hydrogen (secondary N) is 1. The minimum atomic E-state index is -1.12. The fourth-order valence-corrected chi connectivity index (χ4v) is 4.63. The van der Waals surface area contributed by atoms with Crippen LogP contribution in [-0.4, -0.2) is 58.9 Å². The smallest absolute Gasteiger partial charge is 0.326 e. The average molecular weight is 501 g/mol. The largest absolute Gasteiger partial charge is 0.493 e. The molecule has 34 heavy (non-hydrogen) atoms. The highest BCUT2D eigenvalue weighted by Crippen LogP contribution is 2.34. The van der Waals surface area contributed by atoms with Crippen molar-refractivity contribution in [2.45, 2.75) is 18.9 Å². The maximum Gasteiger partial charge on any atom is 0.326 e. The van der Waals surface area contributed by atoms with Crippen LogP contribution in [0.3, 0.4) is 0 Å². The Labute approximate surface area is 206 Å². The number of carboxylic acids is 1. The predicted molar refractivity (Wildman–Crippen MR) is 134 cm³/mol. The quantitative estimate of drug-likeness (QED) is 0.379. The summed E-state index contributed by atoms with van der Waals surface area (Å²) in [7, 11) is 3.07. The number of thioether (sulfide) groups is 1. The third-order valence-electron chi connectivity index (χ3n) is 5.06. The van der Waals surface area contributed by atoms with Crippen LogP contribution in [0, 0.1) is 0 Å². The number of aliphatic carboxylic acids is 1. The van der Waals surface area contributed by atoms with E-state index in [1.165, 1.54) is 12.0 Å². The van der Waals surface area contributed by atoms with E-state index >= 15 is 0 Å². The van der Waals surface area contributed by atoms with E-state index in [9.17, 15) is 19.5 Å². The summed E-state index contributed by atoms with van der Waals surface area (Å²) in [4.78, 5) is 38.6. The molecule has 0 saturated carbocycles. The van der Waals surface area contributed by atoms with E-state index in [1.807, 2.05) is 6.07 Å². The van der Waals surface area contributed by atoms with Crippen LogP contribution in [0.2, 0.25) is 0 Å². The van der Waals surface area contributed by atoms with Crippen molar-refractivity contribution in [2.24, 2.45) is 0 Å². The highest BCUT2D eigenvalue weighted by molar-refractivity contribution is 8.26. The number of amides is 2. The molecule has 1 saturated heterocycles. The number of rotatable bonds is 10. The number of ether oxygens (including phenoxy) is 2. The molecule has 3 rings (SSSR count). The van der Waals surface area contributed by atoms with E-state index in [2.05, 4.69) is 5.32 Å². The van der Waals surface area contributed by atoms with Gasteiger partial charge in [-0.25, -0.2) is 4.79 Å². The lowest BCUT2D eigenvalue weighted by Crippen LogP contribution is -2.43. The van der Waals surface area contributed by atoms with Crippen molar-refractivity contribution in [3.05, 3.63) is 64.6 Å². The molecule has 8 nitrogen and oxygen atoms in total. The van der Waals surface area contributed by atoms with Crippen LogP contribution < -0.4 is 14.8 Å². The SMILES string of the molecule is COc1ccc(C=C2SC(=S)N(CCC(=O)NC(Cc3ccccc3)C(=O)O)C2=O)cc1OC. The van der Waals surface area contributed by atoms with Crippen LogP contribution in [0.5, 0.6) is 11.5 Å². The monoisotopic (exact) mass is 500 g/mol. The number of thiocarbonyl (C=S) groups is 1. The van der Waals surface area contributed by atoms with Crippen molar-refractivity contribution in [2.75, 3.05) is 20.8 Å². The Hall–Kier alpha value is -3.37. The molecule has 10 heteroatoms. The van der Waals surface area contributed by atoms with Crippen LogP contribution in [0.1, 0.15) is 17.5 Å². The lowest BCUT2D eigenvalue weighted by Gasteiger charge is -2.17. The first kappa shape index (κ1) is 25.3. The molecule has 0 bridgehead atoms. The Balaban J connectivity index is 1.61. The minimum absolute atomic E-state index is 0.0530. The molecule has 2 amide bonds. The molecule has 0 aliphatic carbocycles. The average Bonchev–Trinajstić information content (AvgIpc) is 3.09. The second-order valence-electron chi connectivity index (χ2n) is 7.35. The Kier molecular flexibility index (Phi) is 8.67. The highest BCUT2D eigenvalue weighted by Gasteiger charge is 2.32. The topological polar surface area (TPSA) is 105 Å². The van der Waals surface area contributed by atoms with Gasteiger partial charge >= 0.3 is 5.97 Å². The molecule has 0 aromatic heterocycles. The van der Waals surface area contributed by atoms with E-state index in [4.69, 9.17) is 21.7 Å². The zero-order valence-electron chi connectivity index (χ0n) is 18.6. The van der Waals surface area contributed by atoms with E-state index < -0.39 is 17.9 Å². The van der Waals surface area contributed by atoms with Gasteiger partial charge in [0.25, 0.3) is 5.91 Å². The molecule has 2 aromatic carbocycles. The minimum Gasteiger partial charge on any atom is -0.493 e. The molecule has 1 heterocycles. The summed E-state index contributed by atoms with van der Waals surface area (Å²) >= 11 is 6.47. The van der Waals surface area contributed by atoms with Gasteiger partial charge in [-0.15, -0.1) is 0 Å². The molecule has 1 unspecified atom stereocenters. The summed E-state index contributed by atoms with van der Waals surface area (Å²) in [6.07, 6.45) is 1.79. The van der Waals surface area contributed by atoms with Crippen molar-refractivity contribution in [1.29, 1.82) is 0 Å². The lowest BCUT2D eigenvalue weighted by molar-refractivity contribution is -0.141. The number of carbonyl (C=O) groups is 3. The Bertz CT molecular complexity index is 1120. The van der Waals surface area contributed by atoms with Crippen molar-refractivity contribution in [3.63, 3.8) is 0 Å². The van der Waals surface area contributed by atoms with Gasteiger partial charge in [-0.2, -0.15) is 0 Å². The van der Waals surface area contributed by atoms with Gasteiger partial charge < -0.3 is 19.9 Å². The number of nitrogens with zero attached hydrogens (tertiary/aromatic N) is 1. The first-order chi connectivity index (χ1) is 16.3. The molecule has 0 radical (unpaired) electrons. The van der Waals surface area contributed by atoms with Crippen molar-refractivity contribution in [3.8, 4) is 11.5 Å². The zero-order valence-corrected chi connectivity index (χ0v) is 20.3. The van der Waals surface area contributed by atoms with E-state index in [1.54, 1.807) is 55.7 Å². The number of carbonyl (C=O) groups excluding carboxylic acids is 2. The van der Waals surface area contributed by atoms with Crippen molar-refractivity contribution in [1.82, 2.24) is 10.2 Å². The van der Waals surface area contributed by atoms with Crippen LogP contribution >= 0.6 is 24.0 Å². The molecular formula is C24H24N2O6S2. The summed E-state index contributed by atoms with van der Waals surface area (Å²) in [6, 6.07) is 13.3. The number of benzene rings is 2. The van der Waals surface area contributed by atoms with Gasteiger partial charge in [-0.05, 0) is 29.3 Å². The first-order valence-corrected chi connectivity index (χ1v) is 11.6. The third kappa shape index (κ3) is 6.36. The van der Waals surface area contributed by atoms with Crippen LogP contribution in [0.25, 0.3) is 6.08 Å². The van der Waals surface area contributed by atoms with Gasteiger partial charge in [0.1, 0.15) is 10.4 Å². The van der Waals surface area contributed by atoms with Gasteiger partial charge in [0, 0.05) is 19.4 Å². The molecule has 1 fully saturated rings. The van der Waals surface area contributed by atoms with E-state index in [0.717, 1.165) is 22.9 Å². The molecule has 1 aliphatic rings. The molecule has 2 N–H and O–H groups in total. The van der Waals surface area contributed by atoms with Crippen molar-refractivity contribution < 1.29 is 29.0 Å². The van der Waals surface area contributed by atoms with E-state index in [0.29, 0.717) is 20.7 Å². The highest BCUT2D eigenvalue weighted by atomic mass is 32.2. The maximum atomic E-state index is 12.8. The fraction of sp³-hybridized carbons (Fsp3) is 0.250. The number of methoxy groups -OCH3 is 2. The van der Waals surface area contributed by atoms with Gasteiger partial charge in [-0.1, -0.05) is 60.4 Å². The normalized spacial score (nSPS) is 15.4. The number of carboxylic acid groups (broad SMARTS) is 1. The van der Waals surface area contributed by atoms with Crippen molar-refractivity contribution >= 4 is 52.2 Å². The molecule has 0 spiro atoms. The van der Waals surface area contributed by atoms with E-state index in [-0.39, 0.29) is 25.3 Å². The fourth-order valence-electron chi connectivity index (χ4n) is 3.32. The van der Waals surface area contributed by atoms with Crippen LogP contribution in [0.15, 0.2) is 53.4 Å². The summed E-state index contributed by atoms with van der Waals surface area (Å²) < 4.78 is 10.9. The molecule has 178 valence electrons. The van der Waals surface area contributed by atoms with Gasteiger partial charge in [0.05, 0.1) is 19.1 Å². The lowest BCUT2D eigenvalue weighted by atomic mass is 10.1. The second-order valence-corrected chi connectivity index (χ2v) is 9.02. The summed E-state index contributed by atoms with van der Waals surface area (Å²) in [5, 5.41) is 12.0. The van der Waals surface area contributed by atoms with Gasteiger partial charge in [0.2, 0.25) is 5.91 Å². The summed E-state index contributed by atoms with van der Waals surface area (Å²) in [6.45, 7) is 0.0530. The molecule has 1 atom stereocenters. The second kappa shape index (κ2) is 11.7. The maximum absolute atomic E-state index is 12.8. The summed E-state index contributed by atoms with van der Waals surface area (Å²) in [5.74, 6) is -0.796. The Morgan fingerprint density at radius 2 is 1.85 bits per heavy atom. The van der Waals surface area contributed by atoms with Gasteiger partial charge in [0.15, 0.2) is 11.5 Å². The molecule has 1 aliphatic heterocycles. The Morgan fingerprint density at radius 1 is 1.15 bits per heavy atom. The summed E-state index contributed by atoms with van der Waals surface area (Å²) in [5.41, 5.74) is 1.54. The third-order valence-corrected chi connectivity index (χ3v) is 6.44. The number of hydrogen-bond donors (Lipinski definition) is 2. The standard InChI is InChI=1S/C24H24N2O6S2/c1-31-18-9-8-16(13-19(18)32-2)14-20-22(28)26(24(33)34-20)11-10-21(27)25-17(23(29)30)12-15-6-4-3-5-7-15/h3-9,13-14,17H,10-12H2,1-2H3,(H,25,27)(H,29,30). The first-order valence-electron chi connectivity index (χ1n) is 10.4. The Morgan fingerprint density at radius 3 is 2.50 bits per heavy atom. The number of hydrogen-bond acceptors (Lipinski definition) is 7. The van der Waals surface area contributed by atoms with Crippen LogP contribution in [0.4, 0.5) is 0 Å². The predicted octanol–water partition coefficient (Wildman–Crippen LogP) is 3.11. The molecule has 2 aromatic rings.